The average Bonchev–Trinajstić information content (AvgIpc) is 3.65. The lowest BCUT2D eigenvalue weighted by Crippen LogP contribution is -2.20. The SMILES string of the molecule is CCCCCCC(/C=C/C(CCCCCCCC(=O)O)C(/C=C/C(CCCCCC)C1CC(=O)OC1=O)CCCCCCCC(=O)O)C1CC(=O)OC1=O. The number of carboxylic acid groups (broad SMARTS) is 2. The van der Waals surface area contributed by atoms with Gasteiger partial charge >= 0.3 is 35.8 Å². The Hall–Kier alpha value is -3.30. The number of ether oxygens (including phenoxy) is 2. The lowest BCUT2D eigenvalue weighted by molar-refractivity contribution is -0.155. The van der Waals surface area contributed by atoms with E-state index < -0.39 is 47.7 Å². The highest BCUT2D eigenvalue weighted by Crippen LogP contribution is 2.35. The number of aliphatic carboxylic acids is 2. The first-order valence-corrected chi connectivity index (χ1v) is 21.3. The van der Waals surface area contributed by atoms with Crippen LogP contribution < -0.4 is 0 Å². The first-order valence-electron chi connectivity index (χ1n) is 21.3. The van der Waals surface area contributed by atoms with Gasteiger partial charge in [0.1, 0.15) is 0 Å². The molecule has 54 heavy (non-hydrogen) atoms. The van der Waals surface area contributed by atoms with E-state index in [4.69, 9.17) is 19.7 Å². The van der Waals surface area contributed by atoms with Crippen LogP contribution in [0.5, 0.6) is 0 Å². The molecule has 0 aromatic carbocycles. The molecule has 2 aliphatic heterocycles. The van der Waals surface area contributed by atoms with Crippen LogP contribution >= 0.6 is 0 Å². The van der Waals surface area contributed by atoms with Crippen molar-refractivity contribution in [3.8, 4) is 0 Å². The molecule has 2 N–H and O–H groups in total. The molecule has 6 unspecified atom stereocenters. The first kappa shape index (κ1) is 46.9. The zero-order chi connectivity index (χ0) is 39.6. The van der Waals surface area contributed by atoms with Gasteiger partial charge < -0.3 is 19.7 Å². The van der Waals surface area contributed by atoms with Gasteiger partial charge in [0.2, 0.25) is 0 Å². The Morgan fingerprint density at radius 1 is 0.519 bits per heavy atom. The second-order valence-electron chi connectivity index (χ2n) is 15.7. The standard InChI is InChI=1S/C44H70O10/c1-3-5-7-15-23-35(37-31-41(49)53-43(37)51)29-27-33(21-17-11-9-13-19-25-39(45)46)34(22-18-12-10-14-20-26-40(47)48)28-30-36(24-16-8-6-4-2)38-32-42(50)54-44(38)52/h27-30,33-38H,3-26,31-32H2,1-2H3,(H,45,46)(H,47,48)/b29-27+,30-28+. The molecule has 10 heteroatoms. The third-order valence-electron chi connectivity index (χ3n) is 11.2. The van der Waals surface area contributed by atoms with Crippen molar-refractivity contribution in [2.75, 3.05) is 0 Å². The second-order valence-corrected chi connectivity index (χ2v) is 15.7. The molecule has 306 valence electrons. The topological polar surface area (TPSA) is 161 Å². The smallest absolute Gasteiger partial charge is 0.317 e. The van der Waals surface area contributed by atoms with Crippen LogP contribution in [0.25, 0.3) is 0 Å². The fraction of sp³-hybridized carbons (Fsp3) is 0.773. The monoisotopic (exact) mass is 758 g/mol. The number of hydrogen-bond acceptors (Lipinski definition) is 8. The maximum absolute atomic E-state index is 12.8. The van der Waals surface area contributed by atoms with Crippen molar-refractivity contribution in [2.45, 2.75) is 181 Å². The number of cyclic esters (lactones) is 4. The van der Waals surface area contributed by atoms with Gasteiger partial charge in [-0.3, -0.25) is 28.8 Å². The summed E-state index contributed by atoms with van der Waals surface area (Å²) in [7, 11) is 0. The van der Waals surface area contributed by atoms with Gasteiger partial charge in [0.15, 0.2) is 0 Å². The maximum Gasteiger partial charge on any atom is 0.317 e. The highest BCUT2D eigenvalue weighted by molar-refractivity contribution is 5.95. The van der Waals surface area contributed by atoms with E-state index in [0.29, 0.717) is 12.8 Å². The van der Waals surface area contributed by atoms with Crippen LogP contribution in [0, 0.1) is 35.5 Å². The summed E-state index contributed by atoms with van der Waals surface area (Å²) in [5, 5.41) is 18.1. The molecule has 0 aliphatic carbocycles. The summed E-state index contributed by atoms with van der Waals surface area (Å²) in [4.78, 5) is 71.8. The van der Waals surface area contributed by atoms with Crippen molar-refractivity contribution in [2.24, 2.45) is 35.5 Å². The fourth-order valence-electron chi connectivity index (χ4n) is 7.96. The lowest BCUT2D eigenvalue weighted by atomic mass is 9.79. The maximum atomic E-state index is 12.8. The zero-order valence-corrected chi connectivity index (χ0v) is 33.3. The van der Waals surface area contributed by atoms with Gasteiger partial charge in [-0.25, -0.2) is 0 Å². The normalized spacial score (nSPS) is 19.7. The summed E-state index contributed by atoms with van der Waals surface area (Å²) < 4.78 is 9.99. The van der Waals surface area contributed by atoms with Crippen LogP contribution in [0.1, 0.15) is 181 Å². The second kappa shape index (κ2) is 28.2. The minimum Gasteiger partial charge on any atom is -0.481 e. The number of hydrogen-bond donors (Lipinski definition) is 2. The number of esters is 4. The average molecular weight is 759 g/mol. The van der Waals surface area contributed by atoms with Crippen LogP contribution in [0.15, 0.2) is 24.3 Å². The minimum atomic E-state index is -0.771. The molecule has 2 saturated heterocycles. The number of allylic oxidation sites excluding steroid dienone is 4. The Labute approximate surface area is 324 Å². The molecular formula is C44H70O10. The fourth-order valence-corrected chi connectivity index (χ4v) is 7.96. The molecule has 0 spiro atoms. The summed E-state index contributed by atoms with van der Waals surface area (Å²) in [6.45, 7) is 4.32. The van der Waals surface area contributed by atoms with Crippen LogP contribution in [-0.2, 0) is 38.2 Å². The Kier molecular flexibility index (Phi) is 24.4. The molecule has 0 saturated carbocycles. The van der Waals surface area contributed by atoms with Crippen molar-refractivity contribution in [3.05, 3.63) is 24.3 Å². The Morgan fingerprint density at radius 2 is 0.852 bits per heavy atom. The van der Waals surface area contributed by atoms with E-state index in [1.807, 2.05) is 0 Å². The summed E-state index contributed by atoms with van der Waals surface area (Å²) in [6, 6.07) is 0. The highest BCUT2D eigenvalue weighted by atomic mass is 16.6. The molecule has 2 heterocycles. The quantitative estimate of drug-likeness (QED) is 0.0285. The van der Waals surface area contributed by atoms with Crippen molar-refractivity contribution in [1.29, 1.82) is 0 Å². The van der Waals surface area contributed by atoms with Crippen LogP contribution in [-0.4, -0.2) is 46.0 Å². The van der Waals surface area contributed by atoms with Crippen molar-refractivity contribution in [3.63, 3.8) is 0 Å². The molecule has 2 fully saturated rings. The van der Waals surface area contributed by atoms with E-state index in [1.165, 1.54) is 0 Å². The van der Waals surface area contributed by atoms with Crippen LogP contribution in [0.3, 0.4) is 0 Å². The number of carbonyl (C=O) groups is 6. The third-order valence-corrected chi connectivity index (χ3v) is 11.2. The largest absolute Gasteiger partial charge is 0.481 e. The summed E-state index contributed by atoms with van der Waals surface area (Å²) in [6.07, 6.45) is 30.1. The van der Waals surface area contributed by atoms with Crippen LogP contribution in [0.4, 0.5) is 0 Å². The molecule has 2 rings (SSSR count). The Balaban J connectivity index is 2.38. The van der Waals surface area contributed by atoms with Gasteiger partial charge in [-0.1, -0.05) is 141 Å². The van der Waals surface area contributed by atoms with Gasteiger partial charge in [-0.05, 0) is 62.2 Å². The van der Waals surface area contributed by atoms with Gasteiger partial charge in [0.05, 0.1) is 24.7 Å². The van der Waals surface area contributed by atoms with Gasteiger partial charge in [-0.2, -0.15) is 0 Å². The summed E-state index contributed by atoms with van der Waals surface area (Å²) in [5.41, 5.74) is 0. The Bertz CT molecular complexity index is 1110. The van der Waals surface area contributed by atoms with Gasteiger partial charge in [0, 0.05) is 12.8 Å². The van der Waals surface area contributed by atoms with Crippen molar-refractivity contribution < 1.29 is 48.5 Å². The number of carbonyl (C=O) groups excluding carboxylic acids is 4. The molecule has 10 nitrogen and oxygen atoms in total. The van der Waals surface area contributed by atoms with E-state index in [1.54, 1.807) is 0 Å². The molecule has 0 bridgehead atoms. The van der Waals surface area contributed by atoms with Crippen molar-refractivity contribution in [1.82, 2.24) is 0 Å². The lowest BCUT2D eigenvalue weighted by Gasteiger charge is -2.25. The minimum absolute atomic E-state index is 0.101. The van der Waals surface area contributed by atoms with E-state index >= 15 is 0 Å². The molecule has 0 aromatic rings. The first-order chi connectivity index (χ1) is 26.0. The van der Waals surface area contributed by atoms with Gasteiger partial charge in [-0.15, -0.1) is 0 Å². The van der Waals surface area contributed by atoms with Crippen molar-refractivity contribution >= 4 is 35.8 Å². The van der Waals surface area contributed by atoms with E-state index in [9.17, 15) is 28.8 Å². The molecule has 0 amide bonds. The van der Waals surface area contributed by atoms with E-state index in [-0.39, 0.29) is 49.4 Å². The number of carboxylic acids is 2. The molecule has 6 atom stereocenters. The molecular weight excluding hydrogens is 688 g/mol. The van der Waals surface area contributed by atoms with E-state index in [2.05, 4.69) is 38.2 Å². The summed E-state index contributed by atoms with van der Waals surface area (Å²) >= 11 is 0. The molecule has 0 radical (unpaired) electrons. The van der Waals surface area contributed by atoms with Gasteiger partial charge in [0.25, 0.3) is 0 Å². The molecule has 2 aliphatic rings. The zero-order valence-electron chi connectivity index (χ0n) is 33.3. The number of unbranched alkanes of at least 4 members (excludes halogenated alkanes) is 14. The predicted molar refractivity (Wildman–Crippen MR) is 208 cm³/mol. The summed E-state index contributed by atoms with van der Waals surface area (Å²) in [5.74, 6) is -4.28. The van der Waals surface area contributed by atoms with Crippen LogP contribution in [0.2, 0.25) is 0 Å². The van der Waals surface area contributed by atoms with E-state index in [0.717, 1.165) is 128 Å². The number of rotatable bonds is 33. The predicted octanol–water partition coefficient (Wildman–Crippen LogP) is 10.3. The third kappa shape index (κ3) is 19.9. The highest BCUT2D eigenvalue weighted by Gasteiger charge is 2.39. The molecule has 0 aromatic heterocycles. The Morgan fingerprint density at radius 3 is 1.19 bits per heavy atom.